The average molecular weight is 138 g/mol. The lowest BCUT2D eigenvalue weighted by Crippen LogP contribution is -1.95. The fourth-order valence-electron chi connectivity index (χ4n) is 1.72. The van der Waals surface area contributed by atoms with Gasteiger partial charge in [-0.25, -0.2) is 0 Å². The standard InChI is InChI=1S/C9H16N/c1-3-8-5-6-9(7-8)10-4-2/h8-9H,3,5-7H2,1-2H3/q+1. The maximum atomic E-state index is 4.27. The molecule has 56 valence electrons. The summed E-state index contributed by atoms with van der Waals surface area (Å²) in [5, 5.41) is 0. The van der Waals surface area contributed by atoms with Crippen LogP contribution in [0.25, 0.3) is 4.85 Å². The molecule has 10 heavy (non-hydrogen) atoms. The highest BCUT2D eigenvalue weighted by Gasteiger charge is 2.29. The molecule has 1 fully saturated rings. The Balaban J connectivity index is 2.33. The van der Waals surface area contributed by atoms with E-state index >= 15 is 0 Å². The molecule has 1 aliphatic rings. The van der Waals surface area contributed by atoms with Crippen LogP contribution in [-0.4, -0.2) is 6.04 Å². The zero-order valence-electron chi connectivity index (χ0n) is 6.93. The zero-order valence-corrected chi connectivity index (χ0v) is 6.93. The summed E-state index contributed by atoms with van der Waals surface area (Å²) in [6.45, 7) is 4.16. The molecule has 0 amide bonds. The van der Waals surface area contributed by atoms with Gasteiger partial charge in [-0.05, 0) is 12.3 Å². The van der Waals surface area contributed by atoms with Gasteiger partial charge in [0.05, 0.1) is 6.92 Å². The van der Waals surface area contributed by atoms with Crippen LogP contribution in [0.4, 0.5) is 0 Å². The van der Waals surface area contributed by atoms with Crippen molar-refractivity contribution in [1.29, 1.82) is 0 Å². The van der Waals surface area contributed by atoms with Crippen molar-refractivity contribution >= 4 is 0 Å². The SMILES string of the molecule is CC#[N+]C1CCC(CC)C1. The van der Waals surface area contributed by atoms with Gasteiger partial charge in [0.1, 0.15) is 0 Å². The molecule has 0 heterocycles. The molecule has 1 nitrogen and oxygen atoms in total. The van der Waals surface area contributed by atoms with E-state index in [1.165, 1.54) is 25.7 Å². The predicted molar refractivity (Wildman–Crippen MR) is 44.3 cm³/mol. The Labute approximate surface area is 63.3 Å². The lowest BCUT2D eigenvalue weighted by Gasteiger charge is -1.98. The molecule has 0 saturated heterocycles. The molecule has 0 spiro atoms. The van der Waals surface area contributed by atoms with Crippen molar-refractivity contribution in [2.45, 2.75) is 45.6 Å². The van der Waals surface area contributed by atoms with Gasteiger partial charge in [-0.1, -0.05) is 18.2 Å². The minimum atomic E-state index is 0.606. The first-order valence-electron chi connectivity index (χ1n) is 4.23. The number of hydrogen-bond acceptors (Lipinski definition) is 0. The molecular weight excluding hydrogens is 122 g/mol. The zero-order chi connectivity index (χ0) is 7.40. The van der Waals surface area contributed by atoms with E-state index in [1.54, 1.807) is 0 Å². The Morgan fingerprint density at radius 1 is 1.50 bits per heavy atom. The summed E-state index contributed by atoms with van der Waals surface area (Å²) < 4.78 is 0. The van der Waals surface area contributed by atoms with E-state index in [2.05, 4.69) is 17.8 Å². The Bertz CT molecular complexity index is 152. The van der Waals surface area contributed by atoms with Gasteiger partial charge in [0.25, 0.3) is 12.1 Å². The van der Waals surface area contributed by atoms with E-state index in [-0.39, 0.29) is 0 Å². The first-order chi connectivity index (χ1) is 4.86. The monoisotopic (exact) mass is 138 g/mol. The third-order valence-electron chi connectivity index (χ3n) is 2.40. The molecule has 1 saturated carbocycles. The molecule has 1 rings (SSSR count). The molecule has 0 aliphatic heterocycles. The summed E-state index contributed by atoms with van der Waals surface area (Å²) >= 11 is 0. The second-order valence-electron chi connectivity index (χ2n) is 3.09. The quantitative estimate of drug-likeness (QED) is 0.524. The Morgan fingerprint density at radius 2 is 2.30 bits per heavy atom. The van der Waals surface area contributed by atoms with Crippen LogP contribution in [0.5, 0.6) is 0 Å². The third kappa shape index (κ3) is 1.73. The van der Waals surface area contributed by atoms with Gasteiger partial charge in [0, 0.05) is 12.8 Å². The van der Waals surface area contributed by atoms with Crippen LogP contribution < -0.4 is 0 Å². The van der Waals surface area contributed by atoms with Crippen LogP contribution in [-0.2, 0) is 0 Å². The van der Waals surface area contributed by atoms with E-state index in [9.17, 15) is 0 Å². The molecule has 0 aromatic heterocycles. The van der Waals surface area contributed by atoms with Crippen molar-refractivity contribution < 1.29 is 0 Å². The van der Waals surface area contributed by atoms with Gasteiger partial charge in [0.2, 0.25) is 0 Å². The first-order valence-corrected chi connectivity index (χ1v) is 4.23. The number of nitrogens with zero attached hydrogens (tertiary/aromatic N) is 1. The average Bonchev–Trinajstić information content (AvgIpc) is 2.37. The number of hydrogen-bond donors (Lipinski definition) is 0. The Kier molecular flexibility index (Phi) is 2.74. The molecule has 0 bridgehead atoms. The van der Waals surface area contributed by atoms with Gasteiger partial charge in [-0.15, -0.1) is 0 Å². The minimum Gasteiger partial charge on any atom is -0.0807 e. The topological polar surface area (TPSA) is 4.36 Å². The Morgan fingerprint density at radius 3 is 2.80 bits per heavy atom. The molecule has 2 atom stereocenters. The molecule has 2 unspecified atom stereocenters. The first kappa shape index (κ1) is 7.60. The molecular formula is C9H16N+. The van der Waals surface area contributed by atoms with E-state index in [0.717, 1.165) is 5.92 Å². The van der Waals surface area contributed by atoms with Crippen LogP contribution in [0.1, 0.15) is 39.5 Å². The normalized spacial score (nSPS) is 31.4. The summed E-state index contributed by atoms with van der Waals surface area (Å²) in [6, 6.07) is 3.49. The van der Waals surface area contributed by atoms with Crippen molar-refractivity contribution in [1.82, 2.24) is 0 Å². The van der Waals surface area contributed by atoms with E-state index < -0.39 is 0 Å². The largest absolute Gasteiger partial charge is 0.272 e. The van der Waals surface area contributed by atoms with E-state index in [1.807, 2.05) is 6.92 Å². The molecule has 0 radical (unpaired) electrons. The van der Waals surface area contributed by atoms with Crippen LogP contribution in [0.15, 0.2) is 0 Å². The van der Waals surface area contributed by atoms with Gasteiger partial charge in [-0.3, -0.25) is 0 Å². The molecule has 1 heteroatoms. The number of rotatable bonds is 1. The van der Waals surface area contributed by atoms with Crippen molar-refractivity contribution in [2.24, 2.45) is 5.92 Å². The summed E-state index contributed by atoms with van der Waals surface area (Å²) in [6.07, 6.45) is 5.30. The highest BCUT2D eigenvalue weighted by molar-refractivity contribution is 4.94. The van der Waals surface area contributed by atoms with Gasteiger partial charge >= 0.3 is 0 Å². The highest BCUT2D eigenvalue weighted by Crippen LogP contribution is 2.29. The van der Waals surface area contributed by atoms with Crippen molar-refractivity contribution in [3.63, 3.8) is 0 Å². The molecule has 0 aromatic carbocycles. The van der Waals surface area contributed by atoms with Crippen molar-refractivity contribution in [2.75, 3.05) is 0 Å². The second kappa shape index (κ2) is 3.61. The molecule has 0 N–H and O–H groups in total. The minimum absolute atomic E-state index is 0.606. The van der Waals surface area contributed by atoms with E-state index in [4.69, 9.17) is 0 Å². The van der Waals surface area contributed by atoms with Crippen molar-refractivity contribution in [3.05, 3.63) is 4.85 Å². The van der Waals surface area contributed by atoms with Crippen molar-refractivity contribution in [3.8, 4) is 6.07 Å². The Hall–Kier alpha value is -0.510. The maximum absolute atomic E-state index is 4.27. The molecule has 0 aromatic rings. The van der Waals surface area contributed by atoms with E-state index in [0.29, 0.717) is 6.04 Å². The van der Waals surface area contributed by atoms with Gasteiger partial charge in [-0.2, -0.15) is 0 Å². The summed E-state index contributed by atoms with van der Waals surface area (Å²) in [5.74, 6) is 0.946. The smallest absolute Gasteiger partial charge is 0.0807 e. The summed E-state index contributed by atoms with van der Waals surface area (Å²) in [4.78, 5) is 4.27. The van der Waals surface area contributed by atoms with Crippen LogP contribution in [0.2, 0.25) is 0 Å². The fraction of sp³-hybridized carbons (Fsp3) is 0.889. The molecule has 1 aliphatic carbocycles. The predicted octanol–water partition coefficient (Wildman–Crippen LogP) is 2.92. The summed E-state index contributed by atoms with van der Waals surface area (Å²) in [7, 11) is 0. The second-order valence-corrected chi connectivity index (χ2v) is 3.09. The van der Waals surface area contributed by atoms with Gasteiger partial charge in [0.15, 0.2) is 0 Å². The van der Waals surface area contributed by atoms with Crippen LogP contribution in [0.3, 0.4) is 0 Å². The summed E-state index contributed by atoms with van der Waals surface area (Å²) in [5.41, 5.74) is 0. The fourth-order valence-corrected chi connectivity index (χ4v) is 1.72. The maximum Gasteiger partial charge on any atom is 0.272 e. The lowest BCUT2D eigenvalue weighted by molar-refractivity contribution is 0.528. The highest BCUT2D eigenvalue weighted by atomic mass is 14.7. The van der Waals surface area contributed by atoms with Crippen LogP contribution in [0, 0.1) is 12.0 Å². The third-order valence-corrected chi connectivity index (χ3v) is 2.40. The van der Waals surface area contributed by atoms with Gasteiger partial charge < -0.3 is 0 Å². The van der Waals surface area contributed by atoms with Crippen LogP contribution >= 0.6 is 0 Å². The lowest BCUT2D eigenvalue weighted by atomic mass is 10.1.